The van der Waals surface area contributed by atoms with E-state index in [-0.39, 0.29) is 0 Å². The molecule has 14 aromatic carbocycles. The molecule has 7 nitrogen and oxygen atoms in total. The Kier molecular flexibility index (Phi) is 12.1. The Morgan fingerprint density at radius 3 is 1.46 bits per heavy atom. The Hall–Kier alpha value is -11.6. The van der Waals surface area contributed by atoms with E-state index in [0.717, 1.165) is 73.1 Å². The summed E-state index contributed by atoms with van der Waals surface area (Å²) < 4.78 is 19.5. The number of hydrogen-bond donors (Lipinski definition) is 0. The molecule has 1 aliphatic rings. The summed E-state index contributed by atoms with van der Waals surface area (Å²) in [6.07, 6.45) is 1.06. The molecule has 0 fully saturated rings. The largest absolute Gasteiger partial charge is 0.436 e. The second kappa shape index (κ2) is 21.2. The molecule has 0 radical (unpaired) electrons. The molecular weight excluding hydrogens is 1220 g/mol. The van der Waals surface area contributed by atoms with Gasteiger partial charge in [0, 0.05) is 73.0 Å². The van der Waals surface area contributed by atoms with Gasteiger partial charge in [-0.3, -0.25) is 4.57 Å². The molecule has 7 heterocycles. The van der Waals surface area contributed by atoms with Crippen molar-refractivity contribution in [3.63, 3.8) is 0 Å². The molecule has 10 heteroatoms. The standard InChI is InChI=1S/C42H23N3OS.C22H11ClN2OS.C21H14/c1-2-12-26-23-33-31(22-25(26)11-1)37-27-13-4-3-10-24(27)20-21-32(37)45(33)41-39(43-40-28-14-5-7-17-34(28)46-42(40)44-41)30-16-9-19-36-38(30)29-15-6-8-18-35(29)47-36;23-21-19(24-20-12-6-1-3-9-15(12)26-22(20)25-21)14-8-5-11-17-18(14)13-7-2-4-10-16(13)27-17;1-2-7-16-13-20-18(11-15(16)6-1)12-17-10-9-14-5-3-4-8-19(14)21(17)20/h1-23H;1-11H;1-11,13H,12H2. The van der Waals surface area contributed by atoms with Gasteiger partial charge in [0.1, 0.15) is 33.6 Å². The molecule has 95 heavy (non-hydrogen) atoms. The SMILES string of the molecule is Clc1nc2oc3ccccc3c2nc1-c1cccc2sc3ccccc3c12.c1ccc2cc3c(cc2c1)Cc1ccc2ccccc2c1-3.c1ccc2cc3c(cc2c1)c1c2ccccc2ccc1n3-c1nc2oc3ccccc3c2nc1-c1cccc2sc3ccccc3c12. The quantitative estimate of drug-likeness (QED) is 0.175. The first-order valence-corrected chi connectivity index (χ1v) is 33.7. The molecule has 0 saturated carbocycles. The minimum atomic E-state index is 0.351. The molecule has 0 N–H and O–H groups in total. The molecule has 0 unspecified atom stereocenters. The summed E-state index contributed by atoms with van der Waals surface area (Å²) in [7, 11) is 0. The number of fused-ring (bicyclic) bond motifs is 24. The molecule has 7 aromatic heterocycles. The predicted molar refractivity (Wildman–Crippen MR) is 399 cm³/mol. The van der Waals surface area contributed by atoms with Crippen molar-refractivity contribution < 1.29 is 8.83 Å². The molecule has 0 bridgehead atoms. The summed E-state index contributed by atoms with van der Waals surface area (Å²) >= 11 is 10.1. The average Bonchev–Trinajstić information content (AvgIpc) is 1.52. The van der Waals surface area contributed by atoms with Crippen LogP contribution in [0.1, 0.15) is 11.1 Å². The maximum Gasteiger partial charge on any atom is 0.248 e. The van der Waals surface area contributed by atoms with Gasteiger partial charge in [0.25, 0.3) is 0 Å². The topological polar surface area (TPSA) is 82.8 Å². The highest BCUT2D eigenvalue weighted by Gasteiger charge is 2.27. The van der Waals surface area contributed by atoms with Crippen molar-refractivity contribution in [3.05, 3.63) is 295 Å². The number of nitrogens with zero attached hydrogens (tertiary/aromatic N) is 5. The van der Waals surface area contributed by atoms with Crippen LogP contribution < -0.4 is 0 Å². The lowest BCUT2D eigenvalue weighted by molar-refractivity contribution is 0.651. The fourth-order valence-corrected chi connectivity index (χ4v) is 17.3. The number of aromatic nitrogens is 5. The first-order chi connectivity index (χ1) is 47.0. The highest BCUT2D eigenvalue weighted by molar-refractivity contribution is 7.26. The monoisotopic (exact) mass is 1270 g/mol. The summed E-state index contributed by atoms with van der Waals surface area (Å²) in [4.78, 5) is 20.3. The van der Waals surface area contributed by atoms with Gasteiger partial charge >= 0.3 is 0 Å². The molecular formula is C85H48ClN5O2S2. The average molecular weight is 1270 g/mol. The number of halogens is 1. The summed E-state index contributed by atoms with van der Waals surface area (Å²) in [6, 6.07) is 98.7. The fourth-order valence-electron chi connectivity index (χ4n) is 14.8. The Morgan fingerprint density at radius 2 is 0.811 bits per heavy atom. The summed E-state index contributed by atoms with van der Waals surface area (Å²) in [5, 5.41) is 19.7. The number of rotatable bonds is 3. The third-order valence-electron chi connectivity index (χ3n) is 19.1. The van der Waals surface area contributed by atoms with Gasteiger partial charge in [-0.25, -0.2) is 9.97 Å². The molecule has 1 aliphatic carbocycles. The van der Waals surface area contributed by atoms with Gasteiger partial charge in [-0.05, 0) is 145 Å². The van der Waals surface area contributed by atoms with Crippen LogP contribution in [-0.4, -0.2) is 24.5 Å². The summed E-state index contributed by atoms with van der Waals surface area (Å²) in [5.41, 5.74) is 15.6. The van der Waals surface area contributed by atoms with Crippen molar-refractivity contribution >= 4 is 184 Å². The van der Waals surface area contributed by atoms with Crippen LogP contribution in [0.25, 0.3) is 189 Å². The number of hydrogen-bond acceptors (Lipinski definition) is 8. The van der Waals surface area contributed by atoms with Crippen LogP contribution in [0, 0.1) is 0 Å². The minimum Gasteiger partial charge on any atom is -0.436 e. The van der Waals surface area contributed by atoms with Crippen LogP contribution in [0.5, 0.6) is 0 Å². The molecule has 0 aliphatic heterocycles. The second-order valence-corrected chi connectivity index (χ2v) is 26.9. The highest BCUT2D eigenvalue weighted by atomic mass is 35.5. The zero-order valence-corrected chi connectivity index (χ0v) is 52.9. The van der Waals surface area contributed by atoms with Crippen LogP contribution in [0.4, 0.5) is 0 Å². The van der Waals surface area contributed by atoms with Crippen LogP contribution in [0.3, 0.4) is 0 Å². The molecule has 444 valence electrons. The Bertz CT molecular complexity index is 6810. The predicted octanol–water partition coefficient (Wildman–Crippen LogP) is 24.4. The third kappa shape index (κ3) is 8.50. The van der Waals surface area contributed by atoms with Crippen molar-refractivity contribution in [2.75, 3.05) is 0 Å². The van der Waals surface area contributed by atoms with Crippen molar-refractivity contribution in [1.29, 1.82) is 0 Å². The van der Waals surface area contributed by atoms with E-state index in [1.54, 1.807) is 11.3 Å². The lowest BCUT2D eigenvalue weighted by Gasteiger charge is -2.14. The first-order valence-electron chi connectivity index (χ1n) is 31.7. The number of thiophene rings is 2. The van der Waals surface area contributed by atoms with Gasteiger partial charge in [-0.2, -0.15) is 9.97 Å². The van der Waals surface area contributed by atoms with Crippen molar-refractivity contribution in [2.45, 2.75) is 6.42 Å². The van der Waals surface area contributed by atoms with Crippen LogP contribution >= 0.6 is 34.3 Å². The molecule has 0 saturated heterocycles. The van der Waals surface area contributed by atoms with Gasteiger partial charge in [0.2, 0.25) is 11.4 Å². The highest BCUT2D eigenvalue weighted by Crippen LogP contribution is 2.48. The van der Waals surface area contributed by atoms with Gasteiger partial charge in [0.05, 0.1) is 11.0 Å². The second-order valence-electron chi connectivity index (χ2n) is 24.4. The Labute approximate surface area is 554 Å². The minimum absolute atomic E-state index is 0.351. The Balaban J connectivity index is 0.000000108. The van der Waals surface area contributed by atoms with Crippen LogP contribution in [0.15, 0.2) is 288 Å². The zero-order valence-electron chi connectivity index (χ0n) is 50.5. The molecule has 21 aromatic rings. The van der Waals surface area contributed by atoms with E-state index in [1.165, 1.54) is 116 Å². The molecule has 0 spiro atoms. The lowest BCUT2D eigenvalue weighted by atomic mass is 9.96. The van der Waals surface area contributed by atoms with Crippen molar-refractivity contribution in [2.24, 2.45) is 0 Å². The van der Waals surface area contributed by atoms with Gasteiger partial charge in [-0.1, -0.05) is 218 Å². The molecule has 0 amide bonds. The first kappa shape index (κ1) is 54.0. The number of furan rings is 2. The maximum atomic E-state index is 6.55. The third-order valence-corrected chi connectivity index (χ3v) is 21.6. The molecule has 22 rings (SSSR count). The smallest absolute Gasteiger partial charge is 0.248 e. The van der Waals surface area contributed by atoms with Crippen molar-refractivity contribution in [1.82, 2.24) is 24.5 Å². The van der Waals surface area contributed by atoms with E-state index < -0.39 is 0 Å². The lowest BCUT2D eigenvalue weighted by Crippen LogP contribution is -2.03. The number of benzene rings is 14. The van der Waals surface area contributed by atoms with E-state index in [9.17, 15) is 0 Å². The van der Waals surface area contributed by atoms with Crippen LogP contribution in [0.2, 0.25) is 5.15 Å². The summed E-state index contributed by atoms with van der Waals surface area (Å²) in [6.45, 7) is 0. The maximum absolute atomic E-state index is 6.55. The van der Waals surface area contributed by atoms with Gasteiger partial charge < -0.3 is 8.83 Å². The zero-order chi connectivity index (χ0) is 62.4. The van der Waals surface area contributed by atoms with Crippen molar-refractivity contribution in [3.8, 4) is 39.5 Å². The summed E-state index contributed by atoms with van der Waals surface area (Å²) in [5.74, 6) is 0.755. The molecule has 0 atom stereocenters. The van der Waals surface area contributed by atoms with E-state index in [4.69, 9.17) is 35.4 Å². The van der Waals surface area contributed by atoms with E-state index in [2.05, 4.69) is 240 Å². The number of para-hydroxylation sites is 2. The van der Waals surface area contributed by atoms with E-state index in [0.29, 0.717) is 22.3 Å². The van der Waals surface area contributed by atoms with Gasteiger partial charge in [-0.15, -0.1) is 22.7 Å². The Morgan fingerprint density at radius 1 is 0.326 bits per heavy atom. The normalized spacial score (nSPS) is 12.2. The van der Waals surface area contributed by atoms with Crippen LogP contribution in [-0.2, 0) is 6.42 Å². The van der Waals surface area contributed by atoms with E-state index >= 15 is 0 Å². The van der Waals surface area contributed by atoms with E-state index in [1.807, 2.05) is 59.9 Å². The van der Waals surface area contributed by atoms with Gasteiger partial charge in [0.15, 0.2) is 11.0 Å². The fraction of sp³-hybridized carbons (Fsp3) is 0.0118.